The van der Waals surface area contributed by atoms with Gasteiger partial charge < -0.3 is 25.5 Å². The van der Waals surface area contributed by atoms with E-state index in [0.717, 1.165) is 5.56 Å². The normalized spacial score (nSPS) is 12.9. The second-order valence-electron chi connectivity index (χ2n) is 9.30. The lowest BCUT2D eigenvalue weighted by molar-refractivity contribution is -0.144. The van der Waals surface area contributed by atoms with E-state index in [2.05, 4.69) is 20.6 Å². The monoisotopic (exact) mass is 512 g/mol. The van der Waals surface area contributed by atoms with Gasteiger partial charge in [0.15, 0.2) is 0 Å². The quantitative estimate of drug-likeness (QED) is 0.307. The molecule has 3 aromatic rings. The average Bonchev–Trinajstić information content (AvgIpc) is 3.19. The van der Waals surface area contributed by atoms with Crippen LogP contribution < -0.4 is 10.6 Å². The number of carbonyl (C=O) groups is 3. The lowest BCUT2D eigenvalue weighted by Gasteiger charge is -2.23. The van der Waals surface area contributed by atoms with Crippen LogP contribution >= 0.6 is 11.6 Å². The molecule has 9 nitrogen and oxygen atoms in total. The fourth-order valence-electron chi connectivity index (χ4n) is 3.32. The van der Waals surface area contributed by atoms with Gasteiger partial charge >= 0.3 is 12.1 Å². The van der Waals surface area contributed by atoms with Crippen LogP contribution in [0.3, 0.4) is 0 Å². The van der Waals surface area contributed by atoms with Crippen LogP contribution in [0.1, 0.15) is 45.1 Å². The smallest absolute Gasteiger partial charge is 0.408 e. The number of hydrogen-bond donors (Lipinski definition) is 4. The number of benzene rings is 2. The summed E-state index contributed by atoms with van der Waals surface area (Å²) in [5.74, 6) is -2.54. The van der Waals surface area contributed by atoms with Gasteiger partial charge in [0.2, 0.25) is 5.91 Å². The topological polar surface area (TPSA) is 133 Å². The van der Waals surface area contributed by atoms with Crippen LogP contribution in [-0.2, 0) is 20.7 Å². The van der Waals surface area contributed by atoms with Gasteiger partial charge in [0, 0.05) is 17.7 Å². The van der Waals surface area contributed by atoms with Crippen molar-refractivity contribution in [1.29, 1.82) is 0 Å². The van der Waals surface area contributed by atoms with Crippen molar-refractivity contribution in [3.8, 4) is 11.3 Å². The molecule has 0 bridgehead atoms. The first-order chi connectivity index (χ1) is 16.9. The van der Waals surface area contributed by atoms with Crippen LogP contribution in [-0.4, -0.2) is 38.6 Å². The summed E-state index contributed by atoms with van der Waals surface area (Å²) in [6.07, 6.45) is -0.121. The molecule has 0 saturated heterocycles. The lowest BCUT2D eigenvalue weighted by Crippen LogP contribution is -2.36. The summed E-state index contributed by atoms with van der Waals surface area (Å²) in [7, 11) is 0. The number of hydrogen-bond acceptors (Lipinski definition) is 5. The van der Waals surface area contributed by atoms with Crippen LogP contribution in [0.15, 0.2) is 54.6 Å². The molecule has 2 amide bonds. The molecule has 4 N–H and O–H groups in total. The van der Waals surface area contributed by atoms with Crippen LogP contribution in [0.4, 0.5) is 10.5 Å². The number of aromatic amines is 1. The summed E-state index contributed by atoms with van der Waals surface area (Å²) in [5.41, 5.74) is 1.91. The van der Waals surface area contributed by atoms with Crippen molar-refractivity contribution in [2.75, 3.05) is 5.32 Å². The lowest BCUT2D eigenvalue weighted by atomic mass is 10.1. The number of aliphatic carboxylic acids is 1. The third kappa shape index (κ3) is 7.32. The predicted octanol–water partition coefficient (Wildman–Crippen LogP) is 5.20. The molecule has 1 aromatic heterocycles. The molecule has 1 heterocycles. The third-order valence-electron chi connectivity index (χ3n) is 5.17. The average molecular weight is 513 g/mol. The first kappa shape index (κ1) is 26.7. The van der Waals surface area contributed by atoms with Gasteiger partial charge in [-0.25, -0.2) is 9.78 Å². The highest BCUT2D eigenvalue weighted by atomic mass is 35.5. The number of nitrogens with zero attached hydrogens (tertiary/aromatic N) is 1. The van der Waals surface area contributed by atoms with Crippen molar-refractivity contribution in [2.24, 2.45) is 5.92 Å². The number of nitrogens with one attached hydrogen (secondary N) is 3. The summed E-state index contributed by atoms with van der Waals surface area (Å²) in [6.45, 7) is 6.67. The molecular weight excluding hydrogens is 484 g/mol. The van der Waals surface area contributed by atoms with Crippen molar-refractivity contribution < 1.29 is 24.2 Å². The molecular formula is C26H29ClN4O5. The second-order valence-corrected chi connectivity index (χ2v) is 9.68. The zero-order chi connectivity index (χ0) is 26.5. The van der Waals surface area contributed by atoms with E-state index in [1.807, 2.05) is 30.3 Å². The van der Waals surface area contributed by atoms with Crippen molar-refractivity contribution in [3.05, 3.63) is 71.1 Å². The number of ether oxygens (including phenoxy) is 1. The number of aromatic nitrogens is 2. The number of rotatable bonds is 8. The van der Waals surface area contributed by atoms with Gasteiger partial charge in [-0.15, -0.1) is 0 Å². The molecule has 0 radical (unpaired) electrons. The van der Waals surface area contributed by atoms with E-state index in [-0.39, 0.29) is 5.15 Å². The van der Waals surface area contributed by atoms with E-state index in [4.69, 9.17) is 21.4 Å². The summed E-state index contributed by atoms with van der Waals surface area (Å²) < 4.78 is 5.43. The van der Waals surface area contributed by atoms with Gasteiger partial charge in [-0.1, -0.05) is 54.1 Å². The van der Waals surface area contributed by atoms with Crippen LogP contribution in [0, 0.1) is 5.92 Å². The number of imidazole rings is 1. The maximum atomic E-state index is 12.5. The Bertz CT molecular complexity index is 1220. The fraction of sp³-hybridized carbons (Fsp3) is 0.308. The Kier molecular flexibility index (Phi) is 8.37. The number of carboxylic acids is 1. The molecule has 10 heteroatoms. The van der Waals surface area contributed by atoms with Gasteiger partial charge in [-0.2, -0.15) is 0 Å². The summed E-state index contributed by atoms with van der Waals surface area (Å²) in [5, 5.41) is 14.7. The largest absolute Gasteiger partial charge is 0.481 e. The molecule has 3 rings (SSSR count). The fourth-order valence-corrected chi connectivity index (χ4v) is 3.56. The Morgan fingerprint density at radius 2 is 1.72 bits per heavy atom. The molecule has 1 unspecified atom stereocenters. The maximum Gasteiger partial charge on any atom is 0.408 e. The van der Waals surface area contributed by atoms with Crippen molar-refractivity contribution in [1.82, 2.24) is 15.3 Å². The van der Waals surface area contributed by atoms with E-state index in [0.29, 0.717) is 29.2 Å². The van der Waals surface area contributed by atoms with Gasteiger partial charge in [-0.05, 0) is 45.4 Å². The van der Waals surface area contributed by atoms with E-state index in [9.17, 15) is 14.4 Å². The SMILES string of the molecule is C[C@H](C(=O)O)C(=O)Nc1ccc(-c2nc(C(Cc3ccccc3)NC(=O)OC(C)(C)C)[nH]c2Cl)cc1. The van der Waals surface area contributed by atoms with Crippen LogP contribution in [0.5, 0.6) is 0 Å². The van der Waals surface area contributed by atoms with E-state index in [1.54, 1.807) is 45.0 Å². The summed E-state index contributed by atoms with van der Waals surface area (Å²) in [6, 6.07) is 15.8. The van der Waals surface area contributed by atoms with Crippen molar-refractivity contribution in [3.63, 3.8) is 0 Å². The zero-order valence-electron chi connectivity index (χ0n) is 20.5. The van der Waals surface area contributed by atoms with Gasteiger partial charge in [0.1, 0.15) is 28.2 Å². The Labute approximate surface area is 214 Å². The molecule has 0 aliphatic carbocycles. The van der Waals surface area contributed by atoms with Gasteiger partial charge in [-0.3, -0.25) is 9.59 Å². The Balaban J connectivity index is 1.83. The first-order valence-electron chi connectivity index (χ1n) is 11.4. The predicted molar refractivity (Wildman–Crippen MR) is 137 cm³/mol. The molecule has 0 aliphatic rings. The highest BCUT2D eigenvalue weighted by molar-refractivity contribution is 6.31. The summed E-state index contributed by atoms with van der Waals surface area (Å²) in [4.78, 5) is 43.2. The Hall–Kier alpha value is -3.85. The molecule has 0 aliphatic heterocycles. The first-order valence-corrected chi connectivity index (χ1v) is 11.7. The molecule has 190 valence electrons. The minimum Gasteiger partial charge on any atom is -0.481 e. The van der Waals surface area contributed by atoms with E-state index in [1.165, 1.54) is 6.92 Å². The van der Waals surface area contributed by atoms with Crippen molar-refractivity contribution >= 4 is 35.3 Å². The molecule has 2 atom stereocenters. The summed E-state index contributed by atoms with van der Waals surface area (Å²) >= 11 is 6.47. The maximum absolute atomic E-state index is 12.5. The third-order valence-corrected chi connectivity index (χ3v) is 5.44. The number of carbonyl (C=O) groups excluding carboxylic acids is 2. The number of halogens is 1. The number of alkyl carbamates (subject to hydrolysis) is 1. The molecule has 0 saturated carbocycles. The van der Waals surface area contributed by atoms with Crippen LogP contribution in [0.25, 0.3) is 11.3 Å². The van der Waals surface area contributed by atoms with Crippen molar-refractivity contribution in [2.45, 2.75) is 45.8 Å². The minimum atomic E-state index is -1.20. The standard InChI is InChI=1S/C26H29ClN4O5/c1-15(24(33)34)23(32)28-18-12-10-17(11-13-18)20-21(27)31-22(30-20)19(14-16-8-6-5-7-9-16)29-25(35)36-26(2,3)4/h5-13,15,19H,14H2,1-4H3,(H,28,32)(H,29,35)(H,30,31)(H,33,34)/t15-,19?/m0/s1. The molecule has 0 fully saturated rings. The Morgan fingerprint density at radius 1 is 1.08 bits per heavy atom. The van der Waals surface area contributed by atoms with Gasteiger partial charge in [0.05, 0.1) is 6.04 Å². The number of anilines is 1. The number of carboxylic acid groups (broad SMARTS) is 1. The second kappa shape index (κ2) is 11.3. The van der Waals surface area contributed by atoms with E-state index >= 15 is 0 Å². The highest BCUT2D eigenvalue weighted by Gasteiger charge is 2.25. The minimum absolute atomic E-state index is 0.283. The molecule has 2 aromatic carbocycles. The van der Waals surface area contributed by atoms with Gasteiger partial charge in [0.25, 0.3) is 0 Å². The molecule has 36 heavy (non-hydrogen) atoms. The zero-order valence-corrected chi connectivity index (χ0v) is 21.2. The van der Waals surface area contributed by atoms with E-state index < -0.39 is 35.5 Å². The van der Waals surface area contributed by atoms with Crippen LogP contribution in [0.2, 0.25) is 5.15 Å². The highest BCUT2D eigenvalue weighted by Crippen LogP contribution is 2.29. The molecule has 0 spiro atoms. The Morgan fingerprint density at radius 3 is 2.31 bits per heavy atom. The number of amides is 2. The number of H-pyrrole nitrogens is 1.